The summed E-state index contributed by atoms with van der Waals surface area (Å²) < 4.78 is 11.2. The average molecular weight is 343 g/mol. The molecule has 0 fully saturated rings. The minimum absolute atomic E-state index is 0.158. The summed E-state index contributed by atoms with van der Waals surface area (Å²) in [6.07, 6.45) is 0. The third-order valence-electron chi connectivity index (χ3n) is 3.54. The van der Waals surface area contributed by atoms with Crippen molar-refractivity contribution in [3.05, 3.63) is 71.2 Å². The molecule has 0 bridgehead atoms. The first-order chi connectivity index (χ1) is 11.7. The van der Waals surface area contributed by atoms with Crippen molar-refractivity contribution in [3.63, 3.8) is 0 Å². The van der Waals surface area contributed by atoms with E-state index >= 15 is 0 Å². The molecule has 1 N–H and O–H groups in total. The number of hydrogen-bond donors (Lipinski definition) is 1. The van der Waals surface area contributed by atoms with Crippen molar-refractivity contribution in [1.82, 2.24) is 0 Å². The Bertz CT molecular complexity index is 876. The van der Waals surface area contributed by atoms with E-state index in [0.29, 0.717) is 21.9 Å². The molecule has 0 aliphatic rings. The molecule has 0 unspecified atom stereocenters. The summed E-state index contributed by atoms with van der Waals surface area (Å²) in [7, 11) is 0. The summed E-state index contributed by atoms with van der Waals surface area (Å²) in [5.74, 6) is -0.127. The Morgan fingerprint density at radius 1 is 0.875 bits per heavy atom. The molecule has 0 aromatic heterocycles. The number of carboxylic acids is 1. The van der Waals surface area contributed by atoms with Gasteiger partial charge in [-0.3, -0.25) is 0 Å². The highest BCUT2D eigenvalue weighted by atomic mass is 35.5. The molecule has 0 radical (unpaired) electrons. The summed E-state index contributed by atoms with van der Waals surface area (Å²) in [6.45, 7) is 0.472. The maximum absolute atomic E-state index is 11.6. The normalized spacial score (nSPS) is 10.5. The summed E-state index contributed by atoms with van der Waals surface area (Å²) in [5, 5.41) is 11.5. The van der Waals surface area contributed by atoms with Gasteiger partial charge in [-0.1, -0.05) is 54.1 Å². The van der Waals surface area contributed by atoms with Crippen LogP contribution in [0.3, 0.4) is 0 Å². The van der Waals surface area contributed by atoms with Crippen LogP contribution < -0.4 is 9.47 Å². The molecule has 4 nitrogen and oxygen atoms in total. The lowest BCUT2D eigenvalue weighted by Gasteiger charge is -2.12. The van der Waals surface area contributed by atoms with E-state index in [0.717, 1.165) is 5.39 Å². The number of para-hydroxylation sites is 1. The molecule has 0 spiro atoms. The Hall–Kier alpha value is -2.72. The van der Waals surface area contributed by atoms with Crippen LogP contribution in [0.2, 0.25) is 5.02 Å². The summed E-state index contributed by atoms with van der Waals surface area (Å²) in [6, 6.07) is 18.0. The van der Waals surface area contributed by atoms with E-state index in [2.05, 4.69) is 0 Å². The topological polar surface area (TPSA) is 55.8 Å². The molecule has 3 rings (SSSR count). The first kappa shape index (κ1) is 16.1. The average Bonchev–Trinajstić information content (AvgIpc) is 2.59. The Morgan fingerprint density at radius 3 is 2.29 bits per heavy atom. The predicted molar refractivity (Wildman–Crippen MR) is 93.3 cm³/mol. The van der Waals surface area contributed by atoms with Gasteiger partial charge in [0.25, 0.3) is 0 Å². The number of rotatable bonds is 6. The fourth-order valence-electron chi connectivity index (χ4n) is 2.46. The van der Waals surface area contributed by atoms with E-state index in [1.165, 1.54) is 0 Å². The number of carboxylic acid groups (broad SMARTS) is 1. The van der Waals surface area contributed by atoms with Crippen molar-refractivity contribution in [2.75, 3.05) is 13.2 Å². The van der Waals surface area contributed by atoms with E-state index in [-0.39, 0.29) is 18.8 Å². The highest BCUT2D eigenvalue weighted by Gasteiger charge is 2.15. The lowest BCUT2D eigenvalue weighted by molar-refractivity contribution is 0.0693. The lowest BCUT2D eigenvalue weighted by Crippen LogP contribution is -2.11. The van der Waals surface area contributed by atoms with Crippen LogP contribution >= 0.6 is 11.6 Å². The van der Waals surface area contributed by atoms with Gasteiger partial charge in [0.1, 0.15) is 30.3 Å². The van der Waals surface area contributed by atoms with E-state index in [1.54, 1.807) is 30.3 Å². The zero-order chi connectivity index (χ0) is 16.9. The van der Waals surface area contributed by atoms with Crippen LogP contribution in [0.15, 0.2) is 60.7 Å². The van der Waals surface area contributed by atoms with Gasteiger partial charge in [0.2, 0.25) is 0 Å². The molecule has 5 heteroatoms. The van der Waals surface area contributed by atoms with Crippen LogP contribution in [0.4, 0.5) is 0 Å². The molecule has 3 aromatic carbocycles. The van der Waals surface area contributed by atoms with Crippen molar-refractivity contribution < 1.29 is 19.4 Å². The third kappa shape index (κ3) is 3.44. The van der Waals surface area contributed by atoms with Crippen LogP contribution in [-0.4, -0.2) is 24.3 Å². The van der Waals surface area contributed by atoms with E-state index in [9.17, 15) is 9.90 Å². The molecular formula is C19H15ClO4. The number of carbonyl (C=O) groups is 1. The van der Waals surface area contributed by atoms with Crippen LogP contribution in [-0.2, 0) is 0 Å². The van der Waals surface area contributed by atoms with Crippen LogP contribution in [0.25, 0.3) is 10.8 Å². The van der Waals surface area contributed by atoms with Gasteiger partial charge < -0.3 is 14.6 Å². The van der Waals surface area contributed by atoms with Crippen molar-refractivity contribution in [3.8, 4) is 11.5 Å². The third-order valence-corrected chi connectivity index (χ3v) is 3.85. The predicted octanol–water partition coefficient (Wildman–Crippen LogP) is 4.65. The monoisotopic (exact) mass is 342 g/mol. The van der Waals surface area contributed by atoms with Gasteiger partial charge in [0.05, 0.1) is 5.02 Å². The molecule has 24 heavy (non-hydrogen) atoms. The number of halogens is 1. The first-order valence-corrected chi connectivity index (χ1v) is 7.80. The van der Waals surface area contributed by atoms with Gasteiger partial charge in [0.15, 0.2) is 0 Å². The minimum atomic E-state index is -1.02. The molecule has 122 valence electrons. The zero-order valence-corrected chi connectivity index (χ0v) is 13.5. The second-order valence-electron chi connectivity index (χ2n) is 5.09. The maximum Gasteiger partial charge on any atom is 0.340 e. The molecule has 0 atom stereocenters. The number of fused-ring (bicyclic) bond motifs is 1. The molecule has 0 saturated carbocycles. The van der Waals surface area contributed by atoms with Crippen LogP contribution in [0, 0.1) is 0 Å². The number of aromatic carboxylic acids is 1. The van der Waals surface area contributed by atoms with Crippen molar-refractivity contribution in [1.29, 1.82) is 0 Å². The molecule has 0 saturated heterocycles. The van der Waals surface area contributed by atoms with Gasteiger partial charge in [-0.15, -0.1) is 0 Å². The number of hydrogen-bond acceptors (Lipinski definition) is 3. The second kappa shape index (κ2) is 7.23. The van der Waals surface area contributed by atoms with Crippen LogP contribution in [0.5, 0.6) is 11.5 Å². The van der Waals surface area contributed by atoms with Crippen molar-refractivity contribution >= 4 is 28.3 Å². The van der Waals surface area contributed by atoms with Gasteiger partial charge in [-0.25, -0.2) is 4.79 Å². The molecule has 0 heterocycles. The van der Waals surface area contributed by atoms with Crippen molar-refractivity contribution in [2.24, 2.45) is 0 Å². The first-order valence-electron chi connectivity index (χ1n) is 7.42. The van der Waals surface area contributed by atoms with E-state index < -0.39 is 5.97 Å². The number of benzene rings is 3. The molecule has 0 amide bonds. The van der Waals surface area contributed by atoms with Crippen molar-refractivity contribution in [2.45, 2.75) is 0 Å². The lowest BCUT2D eigenvalue weighted by atomic mass is 10.0. The summed E-state index contributed by atoms with van der Waals surface area (Å²) in [5.41, 5.74) is 0.158. The van der Waals surface area contributed by atoms with E-state index in [1.807, 2.05) is 30.3 Å². The molecule has 3 aromatic rings. The zero-order valence-electron chi connectivity index (χ0n) is 12.7. The standard InChI is InChI=1S/C19H15ClO4/c20-15-7-3-4-8-16(15)23-11-12-24-17-10-9-13-5-1-2-6-14(13)18(17)19(21)22/h1-10H,11-12H2,(H,21,22). The summed E-state index contributed by atoms with van der Waals surface area (Å²) >= 11 is 6.01. The summed E-state index contributed by atoms with van der Waals surface area (Å²) in [4.78, 5) is 11.6. The second-order valence-corrected chi connectivity index (χ2v) is 5.50. The van der Waals surface area contributed by atoms with E-state index in [4.69, 9.17) is 21.1 Å². The smallest absolute Gasteiger partial charge is 0.340 e. The fourth-order valence-corrected chi connectivity index (χ4v) is 2.65. The quantitative estimate of drug-likeness (QED) is 0.662. The minimum Gasteiger partial charge on any atom is -0.489 e. The highest BCUT2D eigenvalue weighted by Crippen LogP contribution is 2.28. The Morgan fingerprint density at radius 2 is 1.54 bits per heavy atom. The van der Waals surface area contributed by atoms with Crippen LogP contribution in [0.1, 0.15) is 10.4 Å². The largest absolute Gasteiger partial charge is 0.489 e. The Kier molecular flexibility index (Phi) is 4.87. The maximum atomic E-state index is 11.6. The Balaban J connectivity index is 1.72. The molecule has 0 aliphatic carbocycles. The van der Waals surface area contributed by atoms with Gasteiger partial charge in [-0.05, 0) is 29.0 Å². The van der Waals surface area contributed by atoms with Gasteiger partial charge in [0, 0.05) is 0 Å². The van der Waals surface area contributed by atoms with Gasteiger partial charge >= 0.3 is 5.97 Å². The highest BCUT2D eigenvalue weighted by molar-refractivity contribution is 6.32. The molecular weight excluding hydrogens is 328 g/mol. The SMILES string of the molecule is O=C(O)c1c(OCCOc2ccccc2Cl)ccc2ccccc12. The molecule has 0 aliphatic heterocycles. The number of ether oxygens (including phenoxy) is 2. The van der Waals surface area contributed by atoms with Gasteiger partial charge in [-0.2, -0.15) is 0 Å². The Labute approximate surface area is 144 Å². The fraction of sp³-hybridized carbons (Fsp3) is 0.105.